The van der Waals surface area contributed by atoms with Gasteiger partial charge in [-0.05, 0) is 48.7 Å². The Morgan fingerprint density at radius 1 is 1.24 bits per heavy atom. The maximum atomic E-state index is 13.7. The number of rotatable bonds is 6. The molecule has 1 saturated carbocycles. The van der Waals surface area contributed by atoms with Gasteiger partial charge in [-0.25, -0.2) is 9.18 Å². The van der Waals surface area contributed by atoms with Gasteiger partial charge in [0.25, 0.3) is 0 Å². The maximum absolute atomic E-state index is 13.7. The first-order chi connectivity index (χ1) is 11.9. The number of amides is 1. The zero-order valence-electron chi connectivity index (χ0n) is 13.1. The third-order valence-corrected chi connectivity index (χ3v) is 4.04. The second-order valence-electron chi connectivity index (χ2n) is 5.81. The fourth-order valence-corrected chi connectivity index (χ4v) is 2.46. The smallest absolute Gasteiger partial charge is 0.337 e. The molecule has 1 amide bonds. The molecule has 130 valence electrons. The second-order valence-corrected chi connectivity index (χ2v) is 6.25. The molecule has 2 aromatic rings. The molecule has 7 heteroatoms. The fourth-order valence-electron chi connectivity index (χ4n) is 2.30. The molecule has 0 aliphatic heterocycles. The lowest BCUT2D eigenvalue weighted by Gasteiger charge is -2.11. The minimum Gasteiger partial charge on any atom is -0.486 e. The molecule has 0 radical (unpaired) electrons. The van der Waals surface area contributed by atoms with Crippen LogP contribution in [-0.2, 0) is 11.4 Å². The van der Waals surface area contributed by atoms with E-state index in [-0.39, 0.29) is 40.5 Å². The van der Waals surface area contributed by atoms with E-state index in [9.17, 15) is 19.1 Å². The van der Waals surface area contributed by atoms with Crippen LogP contribution in [0.3, 0.4) is 0 Å². The van der Waals surface area contributed by atoms with E-state index in [0.29, 0.717) is 5.56 Å². The average molecular weight is 364 g/mol. The van der Waals surface area contributed by atoms with E-state index >= 15 is 0 Å². The molecule has 0 saturated heterocycles. The minimum absolute atomic E-state index is 0.0182. The van der Waals surface area contributed by atoms with Crippen LogP contribution in [0.2, 0.25) is 5.02 Å². The predicted molar refractivity (Wildman–Crippen MR) is 90.5 cm³/mol. The number of anilines is 1. The molecule has 1 aliphatic rings. The van der Waals surface area contributed by atoms with E-state index in [4.69, 9.17) is 16.3 Å². The van der Waals surface area contributed by atoms with Gasteiger partial charge in [0.2, 0.25) is 5.91 Å². The highest BCUT2D eigenvalue weighted by Crippen LogP contribution is 2.31. The Bertz CT molecular complexity index is 836. The molecule has 0 bridgehead atoms. The molecule has 0 heterocycles. The van der Waals surface area contributed by atoms with E-state index in [0.717, 1.165) is 18.9 Å². The molecule has 1 fully saturated rings. The van der Waals surface area contributed by atoms with Gasteiger partial charge in [-0.15, -0.1) is 0 Å². The highest BCUT2D eigenvalue weighted by Gasteiger charge is 2.30. The highest BCUT2D eigenvalue weighted by molar-refractivity contribution is 6.30. The van der Waals surface area contributed by atoms with Crippen LogP contribution in [0, 0.1) is 11.7 Å². The number of hydrogen-bond acceptors (Lipinski definition) is 3. The number of aromatic carboxylic acids is 1. The molecule has 2 aromatic carbocycles. The molecule has 5 nitrogen and oxygen atoms in total. The number of carbonyl (C=O) groups is 2. The standard InChI is InChI=1S/C18H15ClFNO4/c19-12-4-6-16(14(20)8-12)25-9-10-1-5-15(13(7-10)18(23)24)21-17(22)11-2-3-11/h1,4-8,11H,2-3,9H2,(H,21,22)(H,23,24). The number of nitrogens with one attached hydrogen (secondary N) is 1. The van der Waals surface area contributed by atoms with Gasteiger partial charge in [0.15, 0.2) is 11.6 Å². The van der Waals surface area contributed by atoms with Crippen LogP contribution in [0.1, 0.15) is 28.8 Å². The summed E-state index contributed by atoms with van der Waals surface area (Å²) in [7, 11) is 0. The Morgan fingerprint density at radius 2 is 2.00 bits per heavy atom. The van der Waals surface area contributed by atoms with Crippen LogP contribution >= 0.6 is 11.6 Å². The van der Waals surface area contributed by atoms with Crippen molar-refractivity contribution in [3.05, 3.63) is 58.4 Å². The number of hydrogen-bond donors (Lipinski definition) is 2. The van der Waals surface area contributed by atoms with Crippen molar-refractivity contribution < 1.29 is 23.8 Å². The Hall–Kier alpha value is -2.60. The quantitative estimate of drug-likeness (QED) is 0.810. The molecule has 0 aromatic heterocycles. The summed E-state index contributed by atoms with van der Waals surface area (Å²) in [6.07, 6.45) is 1.65. The minimum atomic E-state index is -1.16. The van der Waals surface area contributed by atoms with Crippen molar-refractivity contribution in [2.45, 2.75) is 19.4 Å². The number of carboxylic acid groups (broad SMARTS) is 1. The third-order valence-electron chi connectivity index (χ3n) is 3.81. The first kappa shape index (κ1) is 17.2. The van der Waals surface area contributed by atoms with Gasteiger partial charge in [0, 0.05) is 10.9 Å². The van der Waals surface area contributed by atoms with E-state index in [1.54, 1.807) is 6.07 Å². The van der Waals surface area contributed by atoms with Gasteiger partial charge in [-0.3, -0.25) is 4.79 Å². The lowest BCUT2D eigenvalue weighted by atomic mass is 10.1. The highest BCUT2D eigenvalue weighted by atomic mass is 35.5. The van der Waals surface area contributed by atoms with Crippen molar-refractivity contribution in [3.63, 3.8) is 0 Å². The van der Waals surface area contributed by atoms with E-state index in [2.05, 4.69) is 5.32 Å². The summed E-state index contributed by atoms with van der Waals surface area (Å²) >= 11 is 5.68. The lowest BCUT2D eigenvalue weighted by molar-refractivity contribution is -0.117. The van der Waals surface area contributed by atoms with E-state index in [1.165, 1.54) is 24.3 Å². The number of benzene rings is 2. The topological polar surface area (TPSA) is 75.6 Å². The molecule has 2 N–H and O–H groups in total. The van der Waals surface area contributed by atoms with Crippen molar-refractivity contribution in [1.82, 2.24) is 0 Å². The molecule has 3 rings (SSSR count). The van der Waals surface area contributed by atoms with Crippen LogP contribution in [0.4, 0.5) is 10.1 Å². The molecule has 0 spiro atoms. The van der Waals surface area contributed by atoms with Gasteiger partial charge in [0.1, 0.15) is 6.61 Å². The molecular weight excluding hydrogens is 349 g/mol. The number of carboxylic acids is 1. The monoisotopic (exact) mass is 363 g/mol. The van der Waals surface area contributed by atoms with Gasteiger partial charge >= 0.3 is 5.97 Å². The Labute approximate surface area is 148 Å². The van der Waals surface area contributed by atoms with Gasteiger partial charge < -0.3 is 15.2 Å². The van der Waals surface area contributed by atoms with Crippen molar-refractivity contribution in [2.24, 2.45) is 5.92 Å². The van der Waals surface area contributed by atoms with Crippen LogP contribution in [-0.4, -0.2) is 17.0 Å². The average Bonchev–Trinajstić information content (AvgIpc) is 3.40. The molecule has 0 unspecified atom stereocenters. The zero-order valence-corrected chi connectivity index (χ0v) is 13.8. The lowest BCUT2D eigenvalue weighted by Crippen LogP contribution is -2.16. The van der Waals surface area contributed by atoms with E-state index < -0.39 is 11.8 Å². The Morgan fingerprint density at radius 3 is 2.64 bits per heavy atom. The first-order valence-electron chi connectivity index (χ1n) is 7.69. The SMILES string of the molecule is O=C(O)c1cc(COc2ccc(Cl)cc2F)ccc1NC(=O)C1CC1. The summed E-state index contributed by atoms with van der Waals surface area (Å²) in [5.41, 5.74) is 0.744. The Kier molecular flexibility index (Phi) is 4.90. The summed E-state index contributed by atoms with van der Waals surface area (Å²) in [6.45, 7) is -0.0182. The Balaban J connectivity index is 1.74. The summed E-state index contributed by atoms with van der Waals surface area (Å²) in [5.74, 6) is -1.94. The molecule has 0 atom stereocenters. The van der Waals surface area contributed by atoms with Crippen molar-refractivity contribution in [2.75, 3.05) is 5.32 Å². The number of carbonyl (C=O) groups excluding carboxylic acids is 1. The number of halogens is 2. The maximum Gasteiger partial charge on any atom is 0.337 e. The predicted octanol–water partition coefficient (Wildman–Crippen LogP) is 4.10. The van der Waals surface area contributed by atoms with Gasteiger partial charge in [-0.2, -0.15) is 0 Å². The summed E-state index contributed by atoms with van der Waals surface area (Å²) in [4.78, 5) is 23.3. The van der Waals surface area contributed by atoms with Gasteiger partial charge in [0.05, 0.1) is 11.3 Å². The summed E-state index contributed by atoms with van der Waals surface area (Å²) < 4.78 is 19.1. The largest absolute Gasteiger partial charge is 0.486 e. The normalized spacial score (nSPS) is 13.4. The molecular formula is C18H15ClFNO4. The summed E-state index contributed by atoms with van der Waals surface area (Å²) in [5, 5.41) is 12.2. The summed E-state index contributed by atoms with van der Waals surface area (Å²) in [6, 6.07) is 8.58. The van der Waals surface area contributed by atoms with Crippen LogP contribution in [0.5, 0.6) is 5.75 Å². The van der Waals surface area contributed by atoms with E-state index in [1.807, 2.05) is 0 Å². The van der Waals surface area contributed by atoms with Crippen molar-refractivity contribution in [3.8, 4) is 5.75 Å². The first-order valence-corrected chi connectivity index (χ1v) is 8.07. The zero-order chi connectivity index (χ0) is 18.0. The van der Waals surface area contributed by atoms with Crippen LogP contribution < -0.4 is 10.1 Å². The van der Waals surface area contributed by atoms with Crippen molar-refractivity contribution in [1.29, 1.82) is 0 Å². The molecule has 1 aliphatic carbocycles. The van der Waals surface area contributed by atoms with Crippen LogP contribution in [0.15, 0.2) is 36.4 Å². The van der Waals surface area contributed by atoms with Crippen molar-refractivity contribution >= 4 is 29.2 Å². The fraction of sp³-hybridized carbons (Fsp3) is 0.222. The van der Waals surface area contributed by atoms with Gasteiger partial charge in [-0.1, -0.05) is 17.7 Å². The van der Waals surface area contributed by atoms with Crippen LogP contribution in [0.25, 0.3) is 0 Å². The second kappa shape index (κ2) is 7.11. The third kappa shape index (κ3) is 4.28. The number of ether oxygens (including phenoxy) is 1. The molecule has 25 heavy (non-hydrogen) atoms.